The normalized spacial score (nSPS) is 22.9. The maximum Gasteiger partial charge on any atom is 0.289 e. The Kier molecular flexibility index (Phi) is 5.01. The maximum atomic E-state index is 12.7. The van der Waals surface area contributed by atoms with Crippen LogP contribution in [-0.2, 0) is 10.0 Å². The summed E-state index contributed by atoms with van der Waals surface area (Å²) in [7, 11) is -3.56. The number of nitrogens with zero attached hydrogens (tertiary/aromatic N) is 2. The van der Waals surface area contributed by atoms with Crippen molar-refractivity contribution in [3.63, 3.8) is 0 Å². The zero-order valence-corrected chi connectivity index (χ0v) is 15.3. The van der Waals surface area contributed by atoms with Crippen LogP contribution in [0, 0.1) is 12.8 Å². The zero-order valence-electron chi connectivity index (χ0n) is 14.5. The Bertz CT molecular complexity index is 704. The predicted octanol–water partition coefficient (Wildman–Crippen LogP) is 2.63. The minimum absolute atomic E-state index is 0.136. The molecule has 1 aromatic rings. The van der Waals surface area contributed by atoms with E-state index in [1.54, 1.807) is 11.8 Å². The number of sulfonamides is 1. The average Bonchev–Trinajstić information content (AvgIpc) is 3.24. The van der Waals surface area contributed by atoms with Crippen LogP contribution in [0.4, 0.5) is 0 Å². The molecule has 3 heterocycles. The summed E-state index contributed by atoms with van der Waals surface area (Å²) in [5.41, 5.74) is 0. The Morgan fingerprint density at radius 2 is 1.96 bits per heavy atom. The Labute approximate surface area is 143 Å². The van der Waals surface area contributed by atoms with Gasteiger partial charge in [-0.25, -0.2) is 8.42 Å². The quantitative estimate of drug-likeness (QED) is 0.833. The molecular weight excluding hydrogens is 328 g/mol. The molecule has 1 atom stereocenters. The molecule has 1 aromatic heterocycles. The van der Waals surface area contributed by atoms with Crippen LogP contribution in [0.15, 0.2) is 15.4 Å². The highest BCUT2D eigenvalue weighted by Gasteiger charge is 2.33. The molecule has 0 aliphatic carbocycles. The van der Waals surface area contributed by atoms with E-state index in [0.29, 0.717) is 31.3 Å². The van der Waals surface area contributed by atoms with E-state index in [1.807, 2.05) is 0 Å². The van der Waals surface area contributed by atoms with Crippen molar-refractivity contribution in [2.75, 3.05) is 26.2 Å². The van der Waals surface area contributed by atoms with Gasteiger partial charge in [-0.2, -0.15) is 4.31 Å². The highest BCUT2D eigenvalue weighted by molar-refractivity contribution is 7.89. The maximum absolute atomic E-state index is 12.7. The summed E-state index contributed by atoms with van der Waals surface area (Å²) in [6.07, 6.45) is 4.95. The first-order valence-corrected chi connectivity index (χ1v) is 10.3. The van der Waals surface area contributed by atoms with Crippen molar-refractivity contribution in [3.05, 3.63) is 17.6 Å². The Hall–Kier alpha value is -1.34. The number of hydrogen-bond acceptors (Lipinski definition) is 4. The van der Waals surface area contributed by atoms with E-state index in [0.717, 1.165) is 38.6 Å². The van der Waals surface area contributed by atoms with Crippen molar-refractivity contribution in [1.29, 1.82) is 0 Å². The molecule has 0 bridgehead atoms. The summed E-state index contributed by atoms with van der Waals surface area (Å²) in [5.74, 6) is 0.766. The molecule has 3 rings (SSSR count). The number of rotatable bonds is 4. The van der Waals surface area contributed by atoms with Crippen molar-refractivity contribution in [1.82, 2.24) is 9.21 Å². The van der Waals surface area contributed by atoms with Crippen LogP contribution in [-0.4, -0.2) is 49.7 Å². The lowest BCUT2D eigenvalue weighted by atomic mass is 9.95. The number of aryl methyl sites for hydroxylation is 1. The molecule has 1 unspecified atom stereocenters. The van der Waals surface area contributed by atoms with E-state index < -0.39 is 10.0 Å². The fourth-order valence-corrected chi connectivity index (χ4v) is 5.31. The summed E-state index contributed by atoms with van der Waals surface area (Å²) < 4.78 is 32.4. The van der Waals surface area contributed by atoms with Gasteiger partial charge in [0.2, 0.25) is 10.0 Å². The minimum Gasteiger partial charge on any atom is -0.455 e. The van der Waals surface area contributed by atoms with Crippen LogP contribution >= 0.6 is 0 Å². The third-order valence-electron chi connectivity index (χ3n) is 5.15. The summed E-state index contributed by atoms with van der Waals surface area (Å²) in [6, 6.07) is 1.42. The van der Waals surface area contributed by atoms with Crippen molar-refractivity contribution in [2.24, 2.45) is 5.92 Å². The highest BCUT2D eigenvalue weighted by atomic mass is 32.2. The summed E-state index contributed by atoms with van der Waals surface area (Å²) in [5, 5.41) is 0. The summed E-state index contributed by atoms with van der Waals surface area (Å²) >= 11 is 0. The fourth-order valence-electron chi connectivity index (χ4n) is 3.63. The largest absolute Gasteiger partial charge is 0.455 e. The van der Waals surface area contributed by atoms with Gasteiger partial charge in [0.25, 0.3) is 5.91 Å². The van der Waals surface area contributed by atoms with E-state index in [-0.39, 0.29) is 16.6 Å². The fraction of sp³-hybridized carbons (Fsp3) is 0.706. The Morgan fingerprint density at radius 1 is 1.25 bits per heavy atom. The SMILES string of the molecule is CCC1CCCN(C(=O)c2cc(S(=O)(=O)N3CCCC3)c(C)o2)C1. The Morgan fingerprint density at radius 3 is 2.62 bits per heavy atom. The van der Waals surface area contributed by atoms with Crippen LogP contribution < -0.4 is 0 Å². The van der Waals surface area contributed by atoms with Crippen molar-refractivity contribution in [2.45, 2.75) is 50.8 Å². The first kappa shape index (κ1) is 17.5. The number of furan rings is 1. The van der Waals surface area contributed by atoms with Gasteiger partial charge >= 0.3 is 0 Å². The van der Waals surface area contributed by atoms with Crippen molar-refractivity contribution in [3.8, 4) is 0 Å². The van der Waals surface area contributed by atoms with Gasteiger partial charge in [-0.05, 0) is 38.5 Å². The lowest BCUT2D eigenvalue weighted by Gasteiger charge is -2.31. The highest BCUT2D eigenvalue weighted by Crippen LogP contribution is 2.28. The number of hydrogen-bond donors (Lipinski definition) is 0. The number of piperidine rings is 1. The molecule has 2 aliphatic heterocycles. The molecule has 7 heteroatoms. The van der Waals surface area contributed by atoms with E-state index >= 15 is 0 Å². The van der Waals surface area contributed by atoms with Crippen LogP contribution in [0.5, 0.6) is 0 Å². The molecule has 134 valence electrons. The molecule has 24 heavy (non-hydrogen) atoms. The molecule has 0 aromatic carbocycles. The molecule has 2 saturated heterocycles. The monoisotopic (exact) mass is 354 g/mol. The summed E-state index contributed by atoms with van der Waals surface area (Å²) in [6.45, 7) is 6.27. The molecule has 0 saturated carbocycles. The second kappa shape index (κ2) is 6.88. The van der Waals surface area contributed by atoms with E-state index in [9.17, 15) is 13.2 Å². The van der Waals surface area contributed by atoms with E-state index in [4.69, 9.17) is 4.42 Å². The lowest BCUT2D eigenvalue weighted by Crippen LogP contribution is -2.39. The third kappa shape index (κ3) is 3.24. The number of carbonyl (C=O) groups is 1. The van der Waals surface area contributed by atoms with Crippen LogP contribution in [0.3, 0.4) is 0 Å². The molecule has 2 aliphatic rings. The molecule has 0 spiro atoms. The molecule has 1 amide bonds. The van der Waals surface area contributed by atoms with Gasteiger partial charge in [0.1, 0.15) is 10.7 Å². The minimum atomic E-state index is -3.56. The third-order valence-corrected chi connectivity index (χ3v) is 7.16. The predicted molar refractivity (Wildman–Crippen MR) is 90.4 cm³/mol. The van der Waals surface area contributed by atoms with Gasteiger partial charge in [-0.3, -0.25) is 4.79 Å². The van der Waals surface area contributed by atoms with Crippen LogP contribution in [0.1, 0.15) is 55.3 Å². The number of amides is 1. The van der Waals surface area contributed by atoms with Crippen molar-refractivity contribution < 1.29 is 17.6 Å². The first-order valence-electron chi connectivity index (χ1n) is 8.83. The molecule has 0 N–H and O–H groups in total. The van der Waals surface area contributed by atoms with Gasteiger partial charge in [0.05, 0.1) is 0 Å². The van der Waals surface area contributed by atoms with Crippen LogP contribution in [0.25, 0.3) is 0 Å². The van der Waals surface area contributed by atoms with E-state index in [2.05, 4.69) is 6.92 Å². The number of likely N-dealkylation sites (tertiary alicyclic amines) is 1. The van der Waals surface area contributed by atoms with Gasteiger partial charge in [-0.1, -0.05) is 13.3 Å². The lowest BCUT2D eigenvalue weighted by molar-refractivity contribution is 0.0638. The summed E-state index contributed by atoms with van der Waals surface area (Å²) in [4.78, 5) is 14.6. The van der Waals surface area contributed by atoms with Crippen molar-refractivity contribution >= 4 is 15.9 Å². The molecular formula is C17H26N2O4S. The second-order valence-electron chi connectivity index (χ2n) is 6.81. The molecule has 6 nitrogen and oxygen atoms in total. The second-order valence-corrected chi connectivity index (χ2v) is 8.72. The van der Waals surface area contributed by atoms with Gasteiger partial charge in [0.15, 0.2) is 5.76 Å². The van der Waals surface area contributed by atoms with Gasteiger partial charge in [-0.15, -0.1) is 0 Å². The van der Waals surface area contributed by atoms with Gasteiger partial charge < -0.3 is 9.32 Å². The Balaban J connectivity index is 1.82. The topological polar surface area (TPSA) is 70.8 Å². The van der Waals surface area contributed by atoms with Gasteiger partial charge in [0, 0.05) is 32.2 Å². The average molecular weight is 354 g/mol. The standard InChI is InChI=1S/C17H26N2O4S/c1-3-14-7-6-8-18(12-14)17(20)15-11-16(13(2)23-15)24(21,22)19-9-4-5-10-19/h11,14H,3-10,12H2,1-2H3. The van der Waals surface area contributed by atoms with Crippen LogP contribution in [0.2, 0.25) is 0 Å². The van der Waals surface area contributed by atoms with E-state index in [1.165, 1.54) is 10.4 Å². The smallest absolute Gasteiger partial charge is 0.289 e. The molecule has 0 radical (unpaired) electrons. The number of carbonyl (C=O) groups excluding carboxylic acids is 1. The molecule has 2 fully saturated rings. The first-order chi connectivity index (χ1) is 11.4. The zero-order chi connectivity index (χ0) is 17.3.